The molecular weight excluding hydrogens is 382 g/mol. The van der Waals surface area contributed by atoms with E-state index in [1.807, 2.05) is 25.2 Å². The third kappa shape index (κ3) is 4.46. The Morgan fingerprint density at radius 3 is 2.79 bits per heavy atom. The fourth-order valence-corrected chi connectivity index (χ4v) is 4.88. The maximum Gasteiger partial charge on any atom is 0.261 e. The summed E-state index contributed by atoms with van der Waals surface area (Å²) in [6, 6.07) is 10.1. The zero-order chi connectivity index (χ0) is 20.2. The highest BCUT2D eigenvalue weighted by molar-refractivity contribution is 7.14. The minimum Gasteiger partial charge on any atom is -0.368 e. The molecule has 0 radical (unpaired) electrons. The van der Waals surface area contributed by atoms with Gasteiger partial charge in [0.05, 0.1) is 10.6 Å². The molecule has 1 aliphatic rings. The molecule has 0 unspecified atom stereocenters. The van der Waals surface area contributed by atoms with Gasteiger partial charge in [0.2, 0.25) is 5.95 Å². The highest BCUT2D eigenvalue weighted by atomic mass is 32.1. The normalized spacial score (nSPS) is 13.1. The van der Waals surface area contributed by atoms with Crippen molar-refractivity contribution in [1.29, 1.82) is 0 Å². The van der Waals surface area contributed by atoms with Crippen molar-refractivity contribution in [3.8, 4) is 11.3 Å². The van der Waals surface area contributed by atoms with E-state index in [1.54, 1.807) is 17.5 Å². The summed E-state index contributed by atoms with van der Waals surface area (Å²) in [5, 5.41) is 6.29. The predicted octanol–water partition coefficient (Wildman–Crippen LogP) is 3.32. The summed E-state index contributed by atoms with van der Waals surface area (Å²) in [4.78, 5) is 23.1. The highest BCUT2D eigenvalue weighted by Gasteiger charge is 2.17. The van der Waals surface area contributed by atoms with E-state index in [4.69, 9.17) is 5.73 Å². The largest absolute Gasteiger partial charge is 0.368 e. The molecule has 0 atom stereocenters. The molecule has 1 amide bonds. The maximum atomic E-state index is 12.7. The van der Waals surface area contributed by atoms with Crippen LogP contribution < -0.4 is 16.4 Å². The summed E-state index contributed by atoms with van der Waals surface area (Å²) in [5.41, 5.74) is 11.0. The van der Waals surface area contributed by atoms with Crippen molar-refractivity contribution in [1.82, 2.24) is 20.6 Å². The summed E-state index contributed by atoms with van der Waals surface area (Å²) in [7, 11) is 1.91. The first-order chi connectivity index (χ1) is 14.1. The fraction of sp³-hybridized carbons (Fsp3) is 0.318. The molecule has 6 nitrogen and oxygen atoms in total. The number of carbonyl (C=O) groups is 1. The van der Waals surface area contributed by atoms with E-state index in [1.165, 1.54) is 23.3 Å². The average Bonchev–Trinajstić information content (AvgIpc) is 3.17. The van der Waals surface area contributed by atoms with Crippen LogP contribution in [0.2, 0.25) is 0 Å². The number of anilines is 1. The highest BCUT2D eigenvalue weighted by Crippen LogP contribution is 2.29. The maximum absolute atomic E-state index is 12.7. The van der Waals surface area contributed by atoms with E-state index in [2.05, 4.69) is 32.7 Å². The van der Waals surface area contributed by atoms with Crippen molar-refractivity contribution in [3.05, 3.63) is 63.0 Å². The van der Waals surface area contributed by atoms with Crippen molar-refractivity contribution in [2.75, 3.05) is 12.8 Å². The quantitative estimate of drug-likeness (QED) is 0.583. The van der Waals surface area contributed by atoms with E-state index < -0.39 is 0 Å². The Morgan fingerprint density at radius 2 is 2.00 bits per heavy atom. The molecule has 0 spiro atoms. The second-order valence-corrected chi connectivity index (χ2v) is 8.40. The molecule has 4 N–H and O–H groups in total. The Bertz CT molecular complexity index is 1010. The summed E-state index contributed by atoms with van der Waals surface area (Å²) in [5.74, 6) is 0.264. The third-order valence-electron chi connectivity index (χ3n) is 5.20. The predicted molar refractivity (Wildman–Crippen MR) is 117 cm³/mol. The number of aromatic nitrogens is 2. The molecule has 0 saturated carbocycles. The van der Waals surface area contributed by atoms with Crippen LogP contribution in [0.3, 0.4) is 0 Å². The Hall–Kier alpha value is -2.77. The van der Waals surface area contributed by atoms with Crippen LogP contribution in [-0.2, 0) is 25.9 Å². The van der Waals surface area contributed by atoms with Gasteiger partial charge in [-0.1, -0.05) is 12.1 Å². The molecule has 1 aromatic carbocycles. The minimum atomic E-state index is 0.00691. The number of thiophene rings is 1. The second-order valence-electron chi connectivity index (χ2n) is 7.26. The van der Waals surface area contributed by atoms with Gasteiger partial charge in [-0.15, -0.1) is 11.3 Å². The van der Waals surface area contributed by atoms with Crippen LogP contribution in [0.25, 0.3) is 11.3 Å². The molecule has 29 heavy (non-hydrogen) atoms. The number of benzene rings is 1. The third-order valence-corrected chi connectivity index (χ3v) is 6.44. The van der Waals surface area contributed by atoms with Gasteiger partial charge in [0.25, 0.3) is 5.91 Å². The van der Waals surface area contributed by atoms with Gasteiger partial charge in [-0.25, -0.2) is 9.97 Å². The summed E-state index contributed by atoms with van der Waals surface area (Å²) >= 11 is 1.64. The van der Waals surface area contributed by atoms with Crippen LogP contribution in [0, 0.1) is 0 Å². The number of carbonyl (C=O) groups excluding carboxylic acids is 1. The second kappa shape index (κ2) is 8.71. The molecule has 0 aliphatic heterocycles. The summed E-state index contributed by atoms with van der Waals surface area (Å²) < 4.78 is 0. The number of rotatable bonds is 6. The molecule has 7 heteroatoms. The number of hydrogen-bond donors (Lipinski definition) is 3. The molecule has 0 bridgehead atoms. The molecule has 0 saturated heterocycles. The van der Waals surface area contributed by atoms with Crippen molar-refractivity contribution in [2.24, 2.45) is 0 Å². The molecule has 150 valence electrons. The average molecular weight is 408 g/mol. The Kier molecular flexibility index (Phi) is 5.87. The van der Waals surface area contributed by atoms with Gasteiger partial charge in [-0.3, -0.25) is 4.79 Å². The van der Waals surface area contributed by atoms with E-state index in [0.29, 0.717) is 13.1 Å². The van der Waals surface area contributed by atoms with Crippen LogP contribution >= 0.6 is 11.3 Å². The smallest absolute Gasteiger partial charge is 0.261 e. The Balaban J connectivity index is 1.50. The van der Waals surface area contributed by atoms with Crippen molar-refractivity contribution < 1.29 is 4.79 Å². The molecule has 1 aliphatic carbocycles. The van der Waals surface area contributed by atoms with Crippen LogP contribution in [0.5, 0.6) is 0 Å². The lowest BCUT2D eigenvalue weighted by atomic mass is 9.99. The van der Waals surface area contributed by atoms with Crippen LogP contribution in [0.1, 0.15) is 44.1 Å². The van der Waals surface area contributed by atoms with Crippen molar-refractivity contribution in [2.45, 2.75) is 38.8 Å². The Morgan fingerprint density at radius 1 is 1.14 bits per heavy atom. The summed E-state index contributed by atoms with van der Waals surface area (Å²) in [6.45, 7) is 1.19. The van der Waals surface area contributed by atoms with Gasteiger partial charge in [-0.05, 0) is 67.6 Å². The van der Waals surface area contributed by atoms with Crippen molar-refractivity contribution >= 4 is 23.2 Å². The number of aryl methyl sites for hydroxylation is 2. The van der Waals surface area contributed by atoms with Gasteiger partial charge >= 0.3 is 0 Å². The Labute approximate surface area is 174 Å². The zero-order valence-corrected chi connectivity index (χ0v) is 17.3. The fourth-order valence-electron chi connectivity index (χ4n) is 3.71. The van der Waals surface area contributed by atoms with E-state index in [-0.39, 0.29) is 11.9 Å². The van der Waals surface area contributed by atoms with Crippen molar-refractivity contribution in [3.63, 3.8) is 0 Å². The SMILES string of the molecule is CNCc1cc(-c2ccnc(N)n2)ccc1CNC(=O)c1cc2c(s1)CCCC2. The van der Waals surface area contributed by atoms with Gasteiger partial charge in [0.1, 0.15) is 0 Å². The molecule has 0 fully saturated rings. The van der Waals surface area contributed by atoms with Gasteiger partial charge in [-0.2, -0.15) is 0 Å². The number of nitrogens with zero attached hydrogens (tertiary/aromatic N) is 2. The molecular formula is C22H25N5OS. The minimum absolute atomic E-state index is 0.00691. The first-order valence-electron chi connectivity index (χ1n) is 9.89. The number of fused-ring (bicyclic) bond motifs is 1. The number of nitrogen functional groups attached to an aromatic ring is 1. The van der Waals surface area contributed by atoms with Crippen LogP contribution in [-0.4, -0.2) is 22.9 Å². The van der Waals surface area contributed by atoms with Gasteiger partial charge in [0, 0.05) is 29.7 Å². The molecule has 2 heterocycles. The lowest BCUT2D eigenvalue weighted by Gasteiger charge is -2.12. The molecule has 4 rings (SSSR count). The monoisotopic (exact) mass is 407 g/mol. The van der Waals surface area contributed by atoms with Gasteiger partial charge in [0.15, 0.2) is 0 Å². The number of nitrogens with two attached hydrogens (primary N) is 1. The topological polar surface area (TPSA) is 92.9 Å². The number of amides is 1. The van der Waals surface area contributed by atoms with Crippen LogP contribution in [0.4, 0.5) is 5.95 Å². The molecule has 2 aromatic heterocycles. The standard InChI is InChI=1S/C22H25N5OS/c1-24-12-17-10-14(18-8-9-25-22(23)27-18)6-7-16(17)13-26-21(28)20-11-15-4-2-3-5-19(15)29-20/h6-11,24H,2-5,12-13H2,1H3,(H,26,28)(H2,23,25,27). The number of hydrogen-bond acceptors (Lipinski definition) is 6. The summed E-state index contributed by atoms with van der Waals surface area (Å²) in [6.07, 6.45) is 6.31. The zero-order valence-electron chi connectivity index (χ0n) is 16.5. The molecule has 3 aromatic rings. The van der Waals surface area contributed by atoms with Gasteiger partial charge < -0.3 is 16.4 Å². The lowest BCUT2D eigenvalue weighted by Crippen LogP contribution is -2.23. The van der Waals surface area contributed by atoms with E-state index >= 15 is 0 Å². The number of nitrogens with one attached hydrogen (secondary N) is 2. The first kappa shape index (κ1) is 19.5. The van der Waals surface area contributed by atoms with E-state index in [9.17, 15) is 4.79 Å². The van der Waals surface area contributed by atoms with E-state index in [0.717, 1.165) is 40.1 Å². The first-order valence-corrected chi connectivity index (χ1v) is 10.7. The lowest BCUT2D eigenvalue weighted by molar-refractivity contribution is 0.0955. The van der Waals surface area contributed by atoms with Crippen LogP contribution in [0.15, 0.2) is 36.5 Å².